The molecule has 4 heteroatoms. The second-order valence-electron chi connectivity index (χ2n) is 2.75. The Morgan fingerprint density at radius 3 is 2.86 bits per heavy atom. The SMILES string of the molecule is NC(=O)CC=Cc1ccc(F)c(Br)c1. The van der Waals surface area contributed by atoms with Crippen LogP contribution in [-0.4, -0.2) is 5.91 Å². The third kappa shape index (κ3) is 3.30. The van der Waals surface area contributed by atoms with Crippen molar-refractivity contribution in [3.8, 4) is 0 Å². The van der Waals surface area contributed by atoms with Crippen LogP contribution in [0.2, 0.25) is 0 Å². The topological polar surface area (TPSA) is 43.1 Å². The van der Waals surface area contributed by atoms with Crippen molar-refractivity contribution in [3.05, 3.63) is 40.1 Å². The molecule has 1 aromatic rings. The van der Waals surface area contributed by atoms with Crippen molar-refractivity contribution in [2.75, 3.05) is 0 Å². The molecule has 1 amide bonds. The molecule has 0 aliphatic carbocycles. The molecule has 1 rings (SSSR count). The fraction of sp³-hybridized carbons (Fsp3) is 0.100. The molecule has 74 valence electrons. The first-order valence-electron chi connectivity index (χ1n) is 3.99. The maximum atomic E-state index is 12.8. The van der Waals surface area contributed by atoms with Crippen LogP contribution in [-0.2, 0) is 4.79 Å². The lowest BCUT2D eigenvalue weighted by Crippen LogP contribution is -2.07. The van der Waals surface area contributed by atoms with Crippen molar-refractivity contribution in [1.82, 2.24) is 0 Å². The van der Waals surface area contributed by atoms with E-state index < -0.39 is 0 Å². The predicted molar refractivity (Wildman–Crippen MR) is 56.9 cm³/mol. The molecule has 0 saturated carbocycles. The average molecular weight is 258 g/mol. The highest BCUT2D eigenvalue weighted by atomic mass is 79.9. The van der Waals surface area contributed by atoms with E-state index in [0.29, 0.717) is 4.47 Å². The molecule has 2 nitrogen and oxygen atoms in total. The van der Waals surface area contributed by atoms with Crippen LogP contribution in [0.3, 0.4) is 0 Å². The van der Waals surface area contributed by atoms with Gasteiger partial charge in [-0.2, -0.15) is 0 Å². The molecule has 0 unspecified atom stereocenters. The predicted octanol–water partition coefficient (Wildman–Crippen LogP) is 2.48. The Balaban J connectivity index is 2.73. The summed E-state index contributed by atoms with van der Waals surface area (Å²) in [6, 6.07) is 4.61. The van der Waals surface area contributed by atoms with Crippen molar-refractivity contribution in [1.29, 1.82) is 0 Å². The van der Waals surface area contributed by atoms with Crippen molar-refractivity contribution in [2.24, 2.45) is 5.73 Å². The van der Waals surface area contributed by atoms with E-state index in [2.05, 4.69) is 15.9 Å². The summed E-state index contributed by atoms with van der Waals surface area (Å²) in [6.07, 6.45) is 3.55. The van der Waals surface area contributed by atoms with E-state index in [1.807, 2.05) is 0 Å². The van der Waals surface area contributed by atoms with Gasteiger partial charge < -0.3 is 5.73 Å². The molecule has 0 aromatic heterocycles. The lowest BCUT2D eigenvalue weighted by molar-refractivity contribution is -0.117. The van der Waals surface area contributed by atoms with Crippen molar-refractivity contribution >= 4 is 27.9 Å². The first kappa shape index (κ1) is 10.9. The van der Waals surface area contributed by atoms with Crippen LogP contribution < -0.4 is 5.73 Å². The lowest BCUT2D eigenvalue weighted by Gasteiger charge is -1.96. The Labute approximate surface area is 89.7 Å². The summed E-state index contributed by atoms with van der Waals surface area (Å²) >= 11 is 3.07. The Morgan fingerprint density at radius 1 is 1.57 bits per heavy atom. The summed E-state index contributed by atoms with van der Waals surface area (Å²) in [6.45, 7) is 0. The van der Waals surface area contributed by atoms with E-state index in [1.54, 1.807) is 24.3 Å². The number of amides is 1. The molecule has 0 atom stereocenters. The third-order valence-electron chi connectivity index (χ3n) is 1.57. The standard InChI is InChI=1S/C10H9BrFNO/c11-8-6-7(4-5-9(8)12)2-1-3-10(13)14/h1-2,4-6H,3H2,(H2,13,14). The van der Waals surface area contributed by atoms with Crippen LogP contribution in [0.15, 0.2) is 28.7 Å². The van der Waals surface area contributed by atoms with E-state index in [1.165, 1.54) is 6.07 Å². The number of halogens is 2. The number of carbonyl (C=O) groups excluding carboxylic acids is 1. The largest absolute Gasteiger partial charge is 0.369 e. The molecule has 0 aliphatic heterocycles. The van der Waals surface area contributed by atoms with Crippen LogP contribution in [0.25, 0.3) is 6.08 Å². The van der Waals surface area contributed by atoms with Gasteiger partial charge in [0.25, 0.3) is 0 Å². The van der Waals surface area contributed by atoms with E-state index >= 15 is 0 Å². The van der Waals surface area contributed by atoms with Gasteiger partial charge in [0, 0.05) is 6.42 Å². The zero-order valence-electron chi connectivity index (χ0n) is 7.34. The zero-order valence-corrected chi connectivity index (χ0v) is 8.92. The summed E-state index contributed by atoms with van der Waals surface area (Å²) in [5.41, 5.74) is 5.77. The van der Waals surface area contributed by atoms with Gasteiger partial charge in [0.1, 0.15) is 5.82 Å². The number of rotatable bonds is 3. The first-order chi connectivity index (χ1) is 6.59. The maximum absolute atomic E-state index is 12.8. The van der Waals surface area contributed by atoms with Gasteiger partial charge in [-0.1, -0.05) is 18.2 Å². The van der Waals surface area contributed by atoms with Gasteiger partial charge >= 0.3 is 0 Å². The number of primary amides is 1. The van der Waals surface area contributed by atoms with E-state index in [-0.39, 0.29) is 18.1 Å². The molecule has 0 saturated heterocycles. The molecule has 0 fully saturated rings. The van der Waals surface area contributed by atoms with Crippen LogP contribution in [0.4, 0.5) is 4.39 Å². The van der Waals surface area contributed by atoms with Crippen molar-refractivity contribution in [3.63, 3.8) is 0 Å². The monoisotopic (exact) mass is 257 g/mol. The highest BCUT2D eigenvalue weighted by molar-refractivity contribution is 9.10. The molecular weight excluding hydrogens is 249 g/mol. The summed E-state index contributed by atoms with van der Waals surface area (Å²) in [5, 5.41) is 0. The Bertz CT molecular complexity index is 376. The van der Waals surface area contributed by atoms with Crippen LogP contribution >= 0.6 is 15.9 Å². The minimum absolute atomic E-state index is 0.189. The molecule has 2 N–H and O–H groups in total. The molecule has 0 spiro atoms. The second kappa shape index (κ2) is 4.91. The van der Waals surface area contributed by atoms with Crippen LogP contribution in [0, 0.1) is 5.82 Å². The fourth-order valence-electron chi connectivity index (χ4n) is 0.927. The van der Waals surface area contributed by atoms with E-state index in [9.17, 15) is 9.18 Å². The van der Waals surface area contributed by atoms with Crippen molar-refractivity contribution < 1.29 is 9.18 Å². The molecule has 0 bridgehead atoms. The molecule has 14 heavy (non-hydrogen) atoms. The Hall–Kier alpha value is -1.16. The summed E-state index contributed by atoms with van der Waals surface area (Å²) in [5.74, 6) is -0.695. The van der Waals surface area contributed by atoms with Gasteiger partial charge in [-0.3, -0.25) is 4.79 Å². The number of carbonyl (C=O) groups is 1. The molecular formula is C10H9BrFNO. The van der Waals surface area contributed by atoms with E-state index in [0.717, 1.165) is 5.56 Å². The van der Waals surface area contributed by atoms with Crippen molar-refractivity contribution in [2.45, 2.75) is 6.42 Å². The normalized spacial score (nSPS) is 10.7. The minimum Gasteiger partial charge on any atom is -0.369 e. The molecule has 0 aliphatic rings. The number of benzene rings is 1. The number of nitrogens with two attached hydrogens (primary N) is 1. The first-order valence-corrected chi connectivity index (χ1v) is 4.79. The Morgan fingerprint density at radius 2 is 2.29 bits per heavy atom. The van der Waals surface area contributed by atoms with Crippen LogP contribution in [0.5, 0.6) is 0 Å². The third-order valence-corrected chi connectivity index (χ3v) is 2.18. The van der Waals surface area contributed by atoms with Gasteiger partial charge in [0.05, 0.1) is 4.47 Å². The number of hydrogen-bond donors (Lipinski definition) is 1. The second-order valence-corrected chi connectivity index (χ2v) is 3.60. The lowest BCUT2D eigenvalue weighted by atomic mass is 10.2. The molecule has 1 aromatic carbocycles. The number of hydrogen-bond acceptors (Lipinski definition) is 1. The van der Waals surface area contributed by atoms with E-state index in [4.69, 9.17) is 5.73 Å². The highest BCUT2D eigenvalue weighted by Gasteiger charge is 1.97. The van der Waals surface area contributed by atoms with Gasteiger partial charge in [-0.25, -0.2) is 4.39 Å². The maximum Gasteiger partial charge on any atom is 0.221 e. The van der Waals surface area contributed by atoms with Gasteiger partial charge in [-0.05, 0) is 33.6 Å². The zero-order chi connectivity index (χ0) is 10.6. The van der Waals surface area contributed by atoms with Gasteiger partial charge in [0.15, 0.2) is 0 Å². The smallest absolute Gasteiger partial charge is 0.221 e. The molecule has 0 radical (unpaired) electrons. The van der Waals surface area contributed by atoms with Crippen LogP contribution in [0.1, 0.15) is 12.0 Å². The Kier molecular flexibility index (Phi) is 3.83. The summed E-state index contributed by atoms with van der Waals surface area (Å²) in [4.78, 5) is 10.4. The quantitative estimate of drug-likeness (QED) is 0.889. The summed E-state index contributed by atoms with van der Waals surface area (Å²) < 4.78 is 13.2. The molecule has 0 heterocycles. The average Bonchev–Trinajstić information content (AvgIpc) is 2.10. The van der Waals surface area contributed by atoms with Gasteiger partial charge in [-0.15, -0.1) is 0 Å². The summed E-state index contributed by atoms with van der Waals surface area (Å²) in [7, 11) is 0. The fourth-order valence-corrected chi connectivity index (χ4v) is 1.32. The minimum atomic E-state index is -0.387. The highest BCUT2D eigenvalue weighted by Crippen LogP contribution is 2.17. The van der Waals surface area contributed by atoms with Gasteiger partial charge in [0.2, 0.25) is 5.91 Å².